The second kappa shape index (κ2) is 5.99. The van der Waals surface area contributed by atoms with Gasteiger partial charge in [0.05, 0.1) is 0 Å². The van der Waals surface area contributed by atoms with Crippen molar-refractivity contribution in [1.29, 1.82) is 0 Å². The minimum atomic E-state index is -0.650. The highest BCUT2D eigenvalue weighted by Gasteiger charge is 2.16. The molecule has 0 aromatic heterocycles. The first-order valence-corrected chi connectivity index (χ1v) is 6.79. The number of rotatable bonds is 3. The molecule has 0 saturated carbocycles. The third kappa shape index (κ3) is 3.32. The van der Waals surface area contributed by atoms with E-state index in [4.69, 9.17) is 17.3 Å². The van der Waals surface area contributed by atoms with Crippen LogP contribution >= 0.6 is 27.5 Å². The summed E-state index contributed by atoms with van der Waals surface area (Å²) in [5.41, 5.74) is 6.58. The van der Waals surface area contributed by atoms with Gasteiger partial charge in [0.1, 0.15) is 11.6 Å². The van der Waals surface area contributed by atoms with Crippen LogP contribution in [0.1, 0.15) is 17.2 Å². The molecule has 0 aliphatic heterocycles. The highest BCUT2D eigenvalue weighted by molar-refractivity contribution is 9.10. The van der Waals surface area contributed by atoms with Crippen LogP contribution in [0.4, 0.5) is 8.78 Å². The van der Waals surface area contributed by atoms with Crippen molar-refractivity contribution < 1.29 is 8.78 Å². The zero-order valence-electron chi connectivity index (χ0n) is 9.84. The maximum absolute atomic E-state index is 13.8. The second-order valence-electron chi connectivity index (χ2n) is 4.18. The summed E-state index contributed by atoms with van der Waals surface area (Å²) in [6, 6.07) is 8.38. The molecule has 0 aliphatic rings. The predicted molar refractivity (Wildman–Crippen MR) is 76.1 cm³/mol. The van der Waals surface area contributed by atoms with Crippen LogP contribution in [0, 0.1) is 11.6 Å². The Morgan fingerprint density at radius 1 is 1.16 bits per heavy atom. The Morgan fingerprint density at radius 3 is 2.53 bits per heavy atom. The van der Waals surface area contributed by atoms with Gasteiger partial charge in [-0.25, -0.2) is 8.78 Å². The lowest BCUT2D eigenvalue weighted by Crippen LogP contribution is -2.16. The lowest BCUT2D eigenvalue weighted by Gasteiger charge is -2.15. The van der Waals surface area contributed by atoms with E-state index in [9.17, 15) is 8.78 Å². The summed E-state index contributed by atoms with van der Waals surface area (Å²) in [7, 11) is 0. The van der Waals surface area contributed by atoms with Gasteiger partial charge >= 0.3 is 0 Å². The Hall–Kier alpha value is -0.970. The first kappa shape index (κ1) is 14.4. The van der Waals surface area contributed by atoms with Crippen LogP contribution in [0.2, 0.25) is 5.02 Å². The van der Waals surface area contributed by atoms with E-state index in [0.29, 0.717) is 20.6 Å². The van der Waals surface area contributed by atoms with E-state index in [1.54, 1.807) is 18.2 Å². The van der Waals surface area contributed by atoms with E-state index in [2.05, 4.69) is 15.9 Å². The molecule has 5 heteroatoms. The van der Waals surface area contributed by atoms with Gasteiger partial charge < -0.3 is 5.73 Å². The molecule has 0 fully saturated rings. The average Bonchev–Trinajstić information content (AvgIpc) is 2.33. The van der Waals surface area contributed by atoms with Gasteiger partial charge in [0.25, 0.3) is 0 Å². The van der Waals surface area contributed by atoms with E-state index < -0.39 is 17.7 Å². The lowest BCUT2D eigenvalue weighted by atomic mass is 9.99. The molecule has 0 radical (unpaired) electrons. The van der Waals surface area contributed by atoms with Gasteiger partial charge in [-0.1, -0.05) is 39.7 Å². The molecule has 0 amide bonds. The minimum absolute atomic E-state index is 0.143. The number of benzene rings is 2. The van der Waals surface area contributed by atoms with E-state index >= 15 is 0 Å². The summed E-state index contributed by atoms with van der Waals surface area (Å²) >= 11 is 9.10. The van der Waals surface area contributed by atoms with Crippen LogP contribution in [0.5, 0.6) is 0 Å². The standard InChI is InChI=1S/C14H11BrClF2N/c15-8-4-5-9(13(18)6-8)14(19)7-10-11(16)2-1-3-12(10)17/h1-6,14H,7,19H2. The zero-order chi connectivity index (χ0) is 14.0. The Labute approximate surface area is 123 Å². The summed E-state index contributed by atoms with van der Waals surface area (Å²) < 4.78 is 28.0. The summed E-state index contributed by atoms with van der Waals surface area (Å²) in [5.74, 6) is -0.852. The van der Waals surface area contributed by atoms with Crippen molar-refractivity contribution in [3.8, 4) is 0 Å². The Bertz CT molecular complexity index is 584. The first-order chi connectivity index (χ1) is 8.99. The van der Waals surface area contributed by atoms with Crippen LogP contribution < -0.4 is 5.73 Å². The van der Waals surface area contributed by atoms with Gasteiger partial charge in [0, 0.05) is 26.7 Å². The van der Waals surface area contributed by atoms with Gasteiger partial charge in [-0.05, 0) is 30.7 Å². The highest BCUT2D eigenvalue weighted by atomic mass is 79.9. The van der Waals surface area contributed by atoms with E-state index in [-0.39, 0.29) is 6.42 Å². The highest BCUT2D eigenvalue weighted by Crippen LogP contribution is 2.26. The minimum Gasteiger partial charge on any atom is -0.324 e. The number of hydrogen-bond donors (Lipinski definition) is 1. The lowest BCUT2D eigenvalue weighted by molar-refractivity contribution is 0.563. The number of halogens is 4. The van der Waals surface area contributed by atoms with Crippen LogP contribution in [0.3, 0.4) is 0 Å². The molecule has 1 atom stereocenters. The zero-order valence-corrected chi connectivity index (χ0v) is 12.2. The molecule has 0 bridgehead atoms. The molecule has 1 nitrogen and oxygen atoms in total. The van der Waals surface area contributed by atoms with Crippen molar-refractivity contribution in [2.75, 3.05) is 0 Å². The predicted octanol–water partition coefficient (Wildman–Crippen LogP) is 4.62. The smallest absolute Gasteiger partial charge is 0.129 e. The average molecular weight is 347 g/mol. The molecule has 2 N–H and O–H groups in total. The number of hydrogen-bond acceptors (Lipinski definition) is 1. The fourth-order valence-electron chi connectivity index (χ4n) is 1.86. The molecule has 2 aromatic rings. The molecule has 0 aliphatic carbocycles. The van der Waals surface area contributed by atoms with Crippen molar-refractivity contribution in [3.63, 3.8) is 0 Å². The molecular formula is C14H11BrClF2N. The van der Waals surface area contributed by atoms with E-state index in [1.165, 1.54) is 18.2 Å². The van der Waals surface area contributed by atoms with Gasteiger partial charge in [-0.15, -0.1) is 0 Å². The van der Waals surface area contributed by atoms with Crippen LogP contribution in [-0.2, 0) is 6.42 Å². The largest absolute Gasteiger partial charge is 0.324 e. The number of nitrogens with two attached hydrogens (primary N) is 1. The first-order valence-electron chi connectivity index (χ1n) is 5.62. The Kier molecular flexibility index (Phi) is 4.55. The third-order valence-electron chi connectivity index (χ3n) is 2.85. The van der Waals surface area contributed by atoms with Crippen molar-refractivity contribution in [1.82, 2.24) is 0 Å². The quantitative estimate of drug-likeness (QED) is 0.862. The van der Waals surface area contributed by atoms with Crippen molar-refractivity contribution in [2.24, 2.45) is 5.73 Å². The van der Waals surface area contributed by atoms with Crippen LogP contribution in [0.25, 0.3) is 0 Å². The molecule has 19 heavy (non-hydrogen) atoms. The van der Waals surface area contributed by atoms with Crippen LogP contribution in [0.15, 0.2) is 40.9 Å². The van der Waals surface area contributed by atoms with Gasteiger partial charge in [-0.2, -0.15) is 0 Å². The third-order valence-corrected chi connectivity index (χ3v) is 3.70. The fraction of sp³-hybridized carbons (Fsp3) is 0.143. The molecular weight excluding hydrogens is 336 g/mol. The molecule has 0 spiro atoms. The van der Waals surface area contributed by atoms with Crippen molar-refractivity contribution in [3.05, 3.63) is 68.7 Å². The van der Waals surface area contributed by atoms with Gasteiger partial charge in [0.15, 0.2) is 0 Å². The van der Waals surface area contributed by atoms with E-state index in [1.807, 2.05) is 0 Å². The fourth-order valence-corrected chi connectivity index (χ4v) is 2.43. The summed E-state index contributed by atoms with van der Waals surface area (Å²) in [6.45, 7) is 0. The molecule has 0 heterocycles. The maximum atomic E-state index is 13.8. The molecule has 1 unspecified atom stereocenters. The molecule has 0 saturated heterocycles. The summed E-state index contributed by atoms with van der Waals surface area (Å²) in [5, 5.41) is 0.299. The molecule has 100 valence electrons. The van der Waals surface area contributed by atoms with Gasteiger partial charge in [0.2, 0.25) is 0 Å². The Morgan fingerprint density at radius 2 is 1.89 bits per heavy atom. The SMILES string of the molecule is NC(Cc1c(F)cccc1Cl)c1ccc(Br)cc1F. The van der Waals surface area contributed by atoms with E-state index in [0.717, 1.165) is 0 Å². The van der Waals surface area contributed by atoms with Gasteiger partial charge in [-0.3, -0.25) is 0 Å². The second-order valence-corrected chi connectivity index (χ2v) is 5.50. The normalized spacial score (nSPS) is 12.5. The van der Waals surface area contributed by atoms with Crippen molar-refractivity contribution in [2.45, 2.75) is 12.5 Å². The maximum Gasteiger partial charge on any atom is 0.129 e. The monoisotopic (exact) mass is 345 g/mol. The summed E-state index contributed by atoms with van der Waals surface area (Å²) in [4.78, 5) is 0. The molecule has 2 aromatic carbocycles. The summed E-state index contributed by atoms with van der Waals surface area (Å²) in [6.07, 6.45) is 0.143. The Balaban J connectivity index is 2.28. The molecule has 2 rings (SSSR count). The topological polar surface area (TPSA) is 26.0 Å². The van der Waals surface area contributed by atoms with Crippen molar-refractivity contribution >= 4 is 27.5 Å². The van der Waals surface area contributed by atoms with Crippen LogP contribution in [-0.4, -0.2) is 0 Å².